The van der Waals surface area contributed by atoms with Crippen LogP contribution in [0, 0.1) is 0 Å². The van der Waals surface area contributed by atoms with E-state index >= 15 is 0 Å². The number of methoxy groups -OCH3 is 2. The predicted molar refractivity (Wildman–Crippen MR) is 126 cm³/mol. The summed E-state index contributed by atoms with van der Waals surface area (Å²) >= 11 is 1.42. The zero-order valence-corrected chi connectivity index (χ0v) is 19.2. The Morgan fingerprint density at radius 1 is 1.03 bits per heavy atom. The lowest BCUT2D eigenvalue weighted by Gasteiger charge is -2.35. The van der Waals surface area contributed by atoms with Crippen LogP contribution in [0.3, 0.4) is 0 Å². The summed E-state index contributed by atoms with van der Waals surface area (Å²) in [5.74, 6) is 1.50. The third kappa shape index (κ3) is 4.64. The van der Waals surface area contributed by atoms with Crippen LogP contribution in [-0.4, -0.2) is 54.3 Å². The first kappa shape index (κ1) is 22.3. The lowest BCUT2D eigenvalue weighted by Crippen LogP contribution is -2.44. The van der Waals surface area contributed by atoms with Gasteiger partial charge in [0.15, 0.2) is 5.01 Å². The molecule has 1 fully saturated rings. The number of likely N-dealkylation sites (tertiary alicyclic amines) is 1. The number of aliphatic hydroxyl groups excluding tert-OH is 1. The van der Waals surface area contributed by atoms with Crippen molar-refractivity contribution in [2.24, 2.45) is 0 Å². The molecule has 2 aromatic carbocycles. The molecule has 7 heteroatoms. The van der Waals surface area contributed by atoms with Crippen LogP contribution in [0.2, 0.25) is 0 Å². The number of thiazole rings is 1. The quantitative estimate of drug-likeness (QED) is 0.554. The van der Waals surface area contributed by atoms with Gasteiger partial charge in [0.05, 0.1) is 24.8 Å². The molecule has 1 saturated heterocycles. The minimum Gasteiger partial charge on any atom is -0.497 e. The molecule has 1 aliphatic heterocycles. The predicted octanol–water partition coefficient (Wildman–Crippen LogP) is 4.87. The molecule has 0 saturated carbocycles. The standard InChI is InChI=1S/C25H28N2O4S/c1-30-20-10-6-17(7-11-20)22-23(18-8-12-21(31-2)13-9-18)32-24(26-22)25(29)27-15-4-3-5-19(27)14-16-28/h6-13,19,28H,3-5,14-16H2,1-2H3. The fraction of sp³-hybridized carbons (Fsp3) is 0.360. The first-order valence-corrected chi connectivity index (χ1v) is 11.7. The van der Waals surface area contributed by atoms with Gasteiger partial charge in [0, 0.05) is 24.8 Å². The van der Waals surface area contributed by atoms with Gasteiger partial charge in [-0.15, -0.1) is 11.3 Å². The van der Waals surface area contributed by atoms with Gasteiger partial charge < -0.3 is 19.5 Å². The third-order valence-corrected chi connectivity index (χ3v) is 6.97. The van der Waals surface area contributed by atoms with Gasteiger partial charge in [0.2, 0.25) is 0 Å². The van der Waals surface area contributed by atoms with Crippen molar-refractivity contribution in [2.75, 3.05) is 27.4 Å². The smallest absolute Gasteiger partial charge is 0.283 e. The van der Waals surface area contributed by atoms with Crippen LogP contribution in [0.5, 0.6) is 11.5 Å². The summed E-state index contributed by atoms with van der Waals surface area (Å²) in [5, 5.41) is 9.93. The summed E-state index contributed by atoms with van der Waals surface area (Å²) < 4.78 is 10.6. The molecule has 1 N–H and O–H groups in total. The van der Waals surface area contributed by atoms with Crippen LogP contribution in [0.25, 0.3) is 21.7 Å². The SMILES string of the molecule is COc1ccc(-c2nc(C(=O)N3CCCCC3CCO)sc2-c2ccc(OC)cc2)cc1. The highest BCUT2D eigenvalue weighted by Crippen LogP contribution is 2.39. The molecule has 0 spiro atoms. The molecular weight excluding hydrogens is 424 g/mol. The maximum Gasteiger partial charge on any atom is 0.283 e. The Bertz CT molecular complexity index is 980. The second-order valence-electron chi connectivity index (χ2n) is 7.81. The summed E-state index contributed by atoms with van der Waals surface area (Å²) in [6, 6.07) is 15.6. The minimum atomic E-state index is -0.0531. The largest absolute Gasteiger partial charge is 0.497 e. The molecule has 0 bridgehead atoms. The molecule has 1 aliphatic rings. The first-order valence-electron chi connectivity index (χ1n) is 10.9. The molecule has 1 atom stereocenters. The number of piperidine rings is 1. The number of aromatic nitrogens is 1. The highest BCUT2D eigenvalue weighted by molar-refractivity contribution is 7.17. The van der Waals surface area contributed by atoms with Crippen LogP contribution in [-0.2, 0) is 0 Å². The van der Waals surface area contributed by atoms with Crippen LogP contribution < -0.4 is 9.47 Å². The lowest BCUT2D eigenvalue weighted by atomic mass is 9.99. The number of hydrogen-bond acceptors (Lipinski definition) is 6. The Labute approximate surface area is 192 Å². The first-order chi connectivity index (χ1) is 15.6. The molecule has 4 rings (SSSR count). The van der Waals surface area contributed by atoms with E-state index in [1.54, 1.807) is 14.2 Å². The number of benzene rings is 2. The van der Waals surface area contributed by atoms with Crippen molar-refractivity contribution < 1.29 is 19.4 Å². The van der Waals surface area contributed by atoms with E-state index in [1.807, 2.05) is 53.4 Å². The van der Waals surface area contributed by atoms with Gasteiger partial charge in [-0.25, -0.2) is 4.98 Å². The highest BCUT2D eigenvalue weighted by Gasteiger charge is 2.30. The van der Waals surface area contributed by atoms with E-state index in [0.717, 1.165) is 52.5 Å². The van der Waals surface area contributed by atoms with E-state index in [1.165, 1.54) is 11.3 Å². The van der Waals surface area contributed by atoms with Gasteiger partial charge in [0.25, 0.3) is 5.91 Å². The fourth-order valence-corrected chi connectivity index (χ4v) is 5.18. The van der Waals surface area contributed by atoms with E-state index < -0.39 is 0 Å². The van der Waals surface area contributed by atoms with Crippen molar-refractivity contribution in [1.82, 2.24) is 9.88 Å². The zero-order valence-electron chi connectivity index (χ0n) is 18.4. The Hall–Kier alpha value is -2.90. The van der Waals surface area contributed by atoms with Gasteiger partial charge in [-0.05, 0) is 79.8 Å². The average molecular weight is 453 g/mol. The Morgan fingerprint density at radius 3 is 2.25 bits per heavy atom. The zero-order chi connectivity index (χ0) is 22.5. The Balaban J connectivity index is 1.74. The van der Waals surface area contributed by atoms with Crippen LogP contribution in [0.4, 0.5) is 0 Å². The van der Waals surface area contributed by atoms with Crippen LogP contribution >= 0.6 is 11.3 Å². The van der Waals surface area contributed by atoms with Gasteiger partial charge >= 0.3 is 0 Å². The summed E-state index contributed by atoms with van der Waals surface area (Å²) in [5.41, 5.74) is 2.69. The van der Waals surface area contributed by atoms with E-state index in [0.29, 0.717) is 18.0 Å². The molecular formula is C25H28N2O4S. The molecule has 1 aromatic heterocycles. The molecule has 3 aromatic rings. The second kappa shape index (κ2) is 10.1. The molecule has 0 radical (unpaired) electrons. The van der Waals surface area contributed by atoms with Gasteiger partial charge in [-0.1, -0.05) is 0 Å². The summed E-state index contributed by atoms with van der Waals surface area (Å²) in [4.78, 5) is 21.1. The summed E-state index contributed by atoms with van der Waals surface area (Å²) in [7, 11) is 3.28. The summed E-state index contributed by atoms with van der Waals surface area (Å²) in [6.45, 7) is 0.791. The van der Waals surface area contributed by atoms with Crippen LogP contribution in [0.15, 0.2) is 48.5 Å². The molecule has 2 heterocycles. The van der Waals surface area contributed by atoms with Crippen molar-refractivity contribution in [2.45, 2.75) is 31.7 Å². The number of hydrogen-bond donors (Lipinski definition) is 1. The van der Waals surface area contributed by atoms with Gasteiger partial charge in [-0.3, -0.25) is 4.79 Å². The van der Waals surface area contributed by atoms with Crippen LogP contribution in [0.1, 0.15) is 35.5 Å². The topological polar surface area (TPSA) is 71.9 Å². The monoisotopic (exact) mass is 452 g/mol. The minimum absolute atomic E-state index is 0.0531. The Kier molecular flexibility index (Phi) is 7.07. The fourth-order valence-electron chi connectivity index (χ4n) is 4.13. The van der Waals surface area contributed by atoms with E-state index in [2.05, 4.69) is 0 Å². The molecule has 32 heavy (non-hydrogen) atoms. The van der Waals surface area contributed by atoms with Crippen molar-refractivity contribution in [3.63, 3.8) is 0 Å². The molecule has 1 amide bonds. The second-order valence-corrected chi connectivity index (χ2v) is 8.81. The van der Waals surface area contributed by atoms with Gasteiger partial charge in [-0.2, -0.15) is 0 Å². The van der Waals surface area contributed by atoms with Crippen molar-refractivity contribution in [1.29, 1.82) is 0 Å². The number of nitrogens with zero attached hydrogens (tertiary/aromatic N) is 2. The Morgan fingerprint density at radius 2 is 1.66 bits per heavy atom. The highest BCUT2D eigenvalue weighted by atomic mass is 32.1. The number of carbonyl (C=O) groups excluding carboxylic acids is 1. The third-order valence-electron chi connectivity index (χ3n) is 5.88. The maximum atomic E-state index is 13.5. The lowest BCUT2D eigenvalue weighted by molar-refractivity contribution is 0.0574. The van der Waals surface area contributed by atoms with Crippen molar-refractivity contribution in [3.05, 3.63) is 53.5 Å². The van der Waals surface area contributed by atoms with Crippen molar-refractivity contribution in [3.8, 4) is 33.2 Å². The summed E-state index contributed by atoms with van der Waals surface area (Å²) in [6.07, 6.45) is 3.60. The molecule has 168 valence electrons. The van der Waals surface area contributed by atoms with Gasteiger partial charge in [0.1, 0.15) is 11.5 Å². The van der Waals surface area contributed by atoms with E-state index in [-0.39, 0.29) is 18.6 Å². The number of amides is 1. The molecule has 0 aliphatic carbocycles. The maximum absolute atomic E-state index is 13.5. The van der Waals surface area contributed by atoms with E-state index in [9.17, 15) is 9.90 Å². The average Bonchev–Trinajstić information content (AvgIpc) is 3.30. The number of aliphatic hydroxyl groups is 1. The number of rotatable bonds is 7. The molecule has 6 nitrogen and oxygen atoms in total. The van der Waals surface area contributed by atoms with E-state index in [4.69, 9.17) is 14.5 Å². The molecule has 1 unspecified atom stereocenters. The normalized spacial score (nSPS) is 16.1. The number of carbonyl (C=O) groups is 1. The number of ether oxygens (including phenoxy) is 2. The van der Waals surface area contributed by atoms with Crippen molar-refractivity contribution >= 4 is 17.2 Å².